The van der Waals surface area contributed by atoms with Gasteiger partial charge in [0.15, 0.2) is 6.61 Å². The van der Waals surface area contributed by atoms with E-state index >= 15 is 0 Å². The highest BCUT2D eigenvalue weighted by Gasteiger charge is 2.47. The molecule has 0 fully saturated rings. The van der Waals surface area contributed by atoms with Crippen molar-refractivity contribution in [3.8, 4) is 0 Å². The summed E-state index contributed by atoms with van der Waals surface area (Å²) in [4.78, 5) is 31.2. The first-order valence-electron chi connectivity index (χ1n) is 10.7. The third-order valence-electron chi connectivity index (χ3n) is 5.89. The van der Waals surface area contributed by atoms with Crippen molar-refractivity contribution in [2.45, 2.75) is 59.5 Å². The largest absolute Gasteiger partial charge is 0.491 e. The Morgan fingerprint density at radius 1 is 1.44 bits per heavy atom. The van der Waals surface area contributed by atoms with Crippen LogP contribution in [0.5, 0.6) is 0 Å². The molecule has 1 aromatic rings. The molecule has 3 atom stereocenters. The molecule has 1 aromatic heterocycles. The van der Waals surface area contributed by atoms with Gasteiger partial charge in [0.05, 0.1) is 12.5 Å². The molecule has 3 rings (SSSR count). The molecule has 2 N–H and O–H groups in total. The van der Waals surface area contributed by atoms with E-state index in [1.165, 1.54) is 12.4 Å². The number of carbonyl (C=O) groups excluding carboxylic acids is 2. The summed E-state index contributed by atoms with van der Waals surface area (Å²) in [5.74, 6) is -2.95. The van der Waals surface area contributed by atoms with Crippen LogP contribution in [0, 0.1) is 23.2 Å². The Hall–Kier alpha value is -2.84. The molecular weight excluding hydrogens is 418 g/mol. The topological polar surface area (TPSA) is 95.4 Å². The third-order valence-corrected chi connectivity index (χ3v) is 5.89. The van der Waals surface area contributed by atoms with E-state index in [1.54, 1.807) is 17.9 Å². The Morgan fingerprint density at radius 3 is 2.72 bits per heavy atom. The van der Waals surface area contributed by atoms with Gasteiger partial charge in [-0.3, -0.25) is 9.59 Å². The lowest BCUT2D eigenvalue weighted by atomic mass is 9.92. The third kappa shape index (κ3) is 4.97. The van der Waals surface area contributed by atoms with Crippen LogP contribution in [0.3, 0.4) is 0 Å². The lowest BCUT2D eigenvalue weighted by Crippen LogP contribution is -2.41. The zero-order chi connectivity index (χ0) is 23.8. The molecule has 2 aliphatic rings. The lowest BCUT2D eigenvalue weighted by Gasteiger charge is -2.30. The van der Waals surface area contributed by atoms with Crippen molar-refractivity contribution in [2.75, 3.05) is 11.9 Å². The number of amides is 2. The highest BCUT2D eigenvalue weighted by molar-refractivity contribution is 6.01. The molecule has 32 heavy (non-hydrogen) atoms. The van der Waals surface area contributed by atoms with E-state index in [0.717, 1.165) is 12.5 Å². The van der Waals surface area contributed by atoms with Crippen LogP contribution in [0.15, 0.2) is 23.6 Å². The predicted octanol–water partition coefficient (Wildman–Crippen LogP) is 4.25. The molecule has 2 amide bonds. The van der Waals surface area contributed by atoms with Gasteiger partial charge in [0, 0.05) is 48.8 Å². The number of nitrogens with zero attached hydrogens (tertiary/aromatic N) is 2. The van der Waals surface area contributed by atoms with Crippen molar-refractivity contribution < 1.29 is 23.1 Å². The van der Waals surface area contributed by atoms with E-state index in [0.29, 0.717) is 29.1 Å². The maximum Gasteiger partial charge on any atom is 0.278 e. The van der Waals surface area contributed by atoms with Crippen molar-refractivity contribution in [1.29, 1.82) is 5.41 Å². The molecule has 1 aliphatic heterocycles. The normalized spacial score (nSPS) is 19.7. The molecule has 9 heteroatoms. The highest BCUT2D eigenvalue weighted by atomic mass is 19.3. The fourth-order valence-electron chi connectivity index (χ4n) is 4.16. The Balaban J connectivity index is 1.73. The molecule has 0 bridgehead atoms. The van der Waals surface area contributed by atoms with E-state index in [2.05, 4.69) is 10.3 Å². The van der Waals surface area contributed by atoms with Gasteiger partial charge >= 0.3 is 0 Å². The average Bonchev–Trinajstić information content (AvgIpc) is 3.18. The maximum absolute atomic E-state index is 13.2. The Kier molecular flexibility index (Phi) is 6.67. The van der Waals surface area contributed by atoms with Gasteiger partial charge in [-0.2, -0.15) is 0 Å². The van der Waals surface area contributed by atoms with Gasteiger partial charge in [0.2, 0.25) is 5.91 Å². The number of alkyl halides is 2. The molecule has 7 nitrogen and oxygen atoms in total. The molecule has 0 aromatic carbocycles. The minimum atomic E-state index is -2.94. The van der Waals surface area contributed by atoms with Gasteiger partial charge in [0.25, 0.3) is 11.8 Å². The number of nitrogens with one attached hydrogen (secondary N) is 2. The monoisotopic (exact) mass is 448 g/mol. The number of pyridine rings is 1. The first-order valence-corrected chi connectivity index (χ1v) is 10.7. The minimum Gasteiger partial charge on any atom is -0.491 e. The summed E-state index contributed by atoms with van der Waals surface area (Å²) in [5, 5.41) is 10.7. The van der Waals surface area contributed by atoms with Crippen LogP contribution in [-0.2, 0) is 16.1 Å². The Labute approximate surface area is 186 Å². The maximum atomic E-state index is 13.2. The molecule has 0 spiro atoms. The number of anilines is 1. The lowest BCUT2D eigenvalue weighted by molar-refractivity contribution is -0.116. The Bertz CT molecular complexity index is 955. The van der Waals surface area contributed by atoms with Crippen LogP contribution >= 0.6 is 0 Å². The van der Waals surface area contributed by atoms with Gasteiger partial charge in [-0.1, -0.05) is 13.8 Å². The van der Waals surface area contributed by atoms with E-state index in [1.807, 2.05) is 20.8 Å². The SMILES string of the molecule is CC1=C(OCC(C)(F)F)[C@@H]1C(C=N)C(C)N1Cc2c(ccnc2NC(=O)CC(C)C)C1=O. The average molecular weight is 449 g/mol. The summed E-state index contributed by atoms with van der Waals surface area (Å²) in [6, 6.07) is 1.25. The molecular formula is C23H30F2N4O3. The summed E-state index contributed by atoms with van der Waals surface area (Å²) in [7, 11) is 0. The molecule has 2 heterocycles. The van der Waals surface area contributed by atoms with Gasteiger partial charge in [-0.25, -0.2) is 13.8 Å². The van der Waals surface area contributed by atoms with Gasteiger partial charge in [0.1, 0.15) is 11.6 Å². The number of halogens is 2. The van der Waals surface area contributed by atoms with Gasteiger partial charge in [-0.05, 0) is 31.4 Å². The summed E-state index contributed by atoms with van der Waals surface area (Å²) < 4.78 is 31.6. The fourth-order valence-corrected chi connectivity index (χ4v) is 4.16. The second-order valence-electron chi connectivity index (χ2n) is 9.13. The fraction of sp³-hybridized carbons (Fsp3) is 0.565. The van der Waals surface area contributed by atoms with Crippen LogP contribution in [0.1, 0.15) is 57.0 Å². The molecule has 0 saturated heterocycles. The van der Waals surface area contributed by atoms with E-state index in [-0.39, 0.29) is 36.2 Å². The van der Waals surface area contributed by atoms with Crippen LogP contribution in [-0.4, -0.2) is 46.5 Å². The number of ether oxygens (including phenoxy) is 1. The second-order valence-corrected chi connectivity index (χ2v) is 9.13. The van der Waals surface area contributed by atoms with Crippen molar-refractivity contribution in [3.05, 3.63) is 34.7 Å². The zero-order valence-corrected chi connectivity index (χ0v) is 19.0. The van der Waals surface area contributed by atoms with E-state index in [9.17, 15) is 18.4 Å². The van der Waals surface area contributed by atoms with Crippen molar-refractivity contribution >= 4 is 23.8 Å². The second kappa shape index (κ2) is 8.96. The first-order chi connectivity index (χ1) is 14.9. The number of rotatable bonds is 10. The predicted molar refractivity (Wildman–Crippen MR) is 117 cm³/mol. The van der Waals surface area contributed by atoms with E-state index in [4.69, 9.17) is 10.1 Å². The van der Waals surface area contributed by atoms with Crippen LogP contribution in [0.25, 0.3) is 0 Å². The van der Waals surface area contributed by atoms with Crippen molar-refractivity contribution in [1.82, 2.24) is 9.88 Å². The highest BCUT2D eigenvalue weighted by Crippen LogP contribution is 2.47. The summed E-state index contributed by atoms with van der Waals surface area (Å²) >= 11 is 0. The number of aromatic nitrogens is 1. The summed E-state index contributed by atoms with van der Waals surface area (Å²) in [5.41, 5.74) is 1.94. The van der Waals surface area contributed by atoms with E-state index < -0.39 is 18.4 Å². The number of hydrogen-bond acceptors (Lipinski definition) is 5. The number of hydrogen-bond donors (Lipinski definition) is 2. The first kappa shape index (κ1) is 23.8. The zero-order valence-electron chi connectivity index (χ0n) is 19.0. The van der Waals surface area contributed by atoms with Gasteiger partial charge < -0.3 is 20.4 Å². The summed E-state index contributed by atoms with van der Waals surface area (Å²) in [6.45, 7) is 7.85. The molecule has 0 saturated carbocycles. The van der Waals surface area contributed by atoms with Crippen LogP contribution < -0.4 is 5.32 Å². The molecule has 2 unspecified atom stereocenters. The summed E-state index contributed by atoms with van der Waals surface area (Å²) in [6.07, 6.45) is 3.09. The molecule has 174 valence electrons. The smallest absolute Gasteiger partial charge is 0.278 e. The number of carbonyl (C=O) groups is 2. The quantitative estimate of drug-likeness (QED) is 0.523. The Morgan fingerprint density at radius 2 is 2.12 bits per heavy atom. The van der Waals surface area contributed by atoms with Gasteiger partial charge in [-0.15, -0.1) is 0 Å². The minimum absolute atomic E-state index is 0.162. The molecule has 1 aliphatic carbocycles. The standard InChI is InChI=1S/C23H30F2N4O3/c1-12(2)8-18(30)28-21-17-10-29(22(31)15(17)6-7-27-21)14(4)16(9-26)19-13(3)20(19)32-11-23(5,24)25/h6-7,9,12,14,16,19,26H,8,10-11H2,1-5H3,(H,27,28,30)/t14?,16?,19-/m0/s1. The number of allylic oxidation sites excluding steroid dienone is 2. The van der Waals surface area contributed by atoms with Crippen LogP contribution in [0.2, 0.25) is 0 Å². The van der Waals surface area contributed by atoms with Crippen molar-refractivity contribution in [3.63, 3.8) is 0 Å². The number of fused-ring (bicyclic) bond motifs is 1. The van der Waals surface area contributed by atoms with Crippen LogP contribution in [0.4, 0.5) is 14.6 Å². The molecule has 0 radical (unpaired) electrons. The van der Waals surface area contributed by atoms with Crippen molar-refractivity contribution in [2.24, 2.45) is 17.8 Å².